The van der Waals surface area contributed by atoms with Gasteiger partial charge in [0.05, 0.1) is 28.8 Å². The Bertz CT molecular complexity index is 955. The molecule has 0 bridgehead atoms. The van der Waals surface area contributed by atoms with Gasteiger partial charge in [-0.2, -0.15) is 0 Å². The number of fused-ring (bicyclic) bond motifs is 1. The van der Waals surface area contributed by atoms with Crippen LogP contribution in [-0.2, 0) is 14.2 Å². The predicted octanol–water partition coefficient (Wildman–Crippen LogP) is 1.88. The van der Waals surface area contributed by atoms with Crippen LogP contribution >= 0.6 is 0 Å². The Balaban J connectivity index is 1.50. The Morgan fingerprint density at radius 3 is 2.19 bits per heavy atom. The average molecular weight is 425 g/mol. The molecule has 1 N–H and O–H groups in total. The first-order chi connectivity index (χ1) is 14.9. The second-order valence-electron chi connectivity index (χ2n) is 7.61. The van der Waals surface area contributed by atoms with Crippen molar-refractivity contribution >= 4 is 17.8 Å². The van der Waals surface area contributed by atoms with E-state index >= 15 is 0 Å². The highest BCUT2D eigenvalue weighted by Crippen LogP contribution is 2.35. The molecule has 3 unspecified atom stereocenters. The molecule has 0 saturated carbocycles. The summed E-state index contributed by atoms with van der Waals surface area (Å²) in [7, 11) is 1.40. The lowest BCUT2D eigenvalue weighted by molar-refractivity contribution is -0.257. The van der Waals surface area contributed by atoms with Crippen LogP contribution in [0, 0.1) is 5.92 Å². The maximum atomic E-state index is 12.9. The molecule has 2 amide bonds. The summed E-state index contributed by atoms with van der Waals surface area (Å²) < 4.78 is 16.6. The molecule has 0 spiro atoms. The van der Waals surface area contributed by atoms with E-state index in [0.29, 0.717) is 16.7 Å². The van der Waals surface area contributed by atoms with Crippen LogP contribution in [0.25, 0.3) is 0 Å². The number of aliphatic hydroxyl groups excluding tert-OH is 1. The zero-order chi connectivity index (χ0) is 22.1. The number of hydrogen-bond acceptors (Lipinski definition) is 7. The Morgan fingerprint density at radius 2 is 1.61 bits per heavy atom. The van der Waals surface area contributed by atoms with E-state index in [0.717, 1.165) is 4.90 Å². The van der Waals surface area contributed by atoms with Crippen LogP contribution in [0.1, 0.15) is 38.0 Å². The molecule has 5 atom stereocenters. The fourth-order valence-electron chi connectivity index (χ4n) is 4.11. The number of amides is 2. The summed E-state index contributed by atoms with van der Waals surface area (Å²) in [5, 5.41) is 10.8. The monoisotopic (exact) mass is 425 g/mol. The number of carbonyl (C=O) groups is 3. The Hall–Kier alpha value is -3.07. The minimum atomic E-state index is -1.09. The number of methoxy groups -OCH3 is 1. The van der Waals surface area contributed by atoms with E-state index in [-0.39, 0.29) is 6.61 Å². The Labute approximate surface area is 179 Å². The normalized spacial score (nSPS) is 27.8. The number of nitrogens with zero attached hydrogens (tertiary/aromatic N) is 1. The van der Waals surface area contributed by atoms with Gasteiger partial charge in [-0.1, -0.05) is 37.3 Å². The lowest BCUT2D eigenvalue weighted by Gasteiger charge is -2.45. The van der Waals surface area contributed by atoms with E-state index in [2.05, 4.69) is 0 Å². The summed E-state index contributed by atoms with van der Waals surface area (Å²) in [5.41, 5.74) is 0.999. The summed E-state index contributed by atoms with van der Waals surface area (Å²) >= 11 is 0. The highest BCUT2D eigenvalue weighted by atomic mass is 16.7. The van der Waals surface area contributed by atoms with E-state index in [4.69, 9.17) is 14.2 Å². The van der Waals surface area contributed by atoms with Crippen LogP contribution in [0.2, 0.25) is 0 Å². The van der Waals surface area contributed by atoms with Gasteiger partial charge in [-0.05, 0) is 24.3 Å². The highest BCUT2D eigenvalue weighted by molar-refractivity contribution is 6.21. The first-order valence-electron chi connectivity index (χ1n) is 9.99. The standard InChI is InChI=1S/C23H23NO7/c1-13-18(24-20(26)15-10-6-7-11-16(15)21(24)27)23(29-2)31-17(19(13)25)12-30-22(28)14-8-4-3-5-9-14/h3-11,13,17-19,23,25H,12H2,1-2H3/t13-,17?,18+,19?,23?/m1/s1. The quantitative estimate of drug-likeness (QED) is 0.576. The van der Waals surface area contributed by atoms with Crippen LogP contribution in [0.5, 0.6) is 0 Å². The molecule has 4 rings (SSSR count). The van der Waals surface area contributed by atoms with Crippen molar-refractivity contribution in [2.45, 2.75) is 31.5 Å². The summed E-state index contributed by atoms with van der Waals surface area (Å²) in [5.74, 6) is -2.03. The molecule has 8 heteroatoms. The van der Waals surface area contributed by atoms with Crippen molar-refractivity contribution in [1.82, 2.24) is 4.90 Å². The zero-order valence-electron chi connectivity index (χ0n) is 17.1. The first kappa shape index (κ1) is 21.2. The van der Waals surface area contributed by atoms with Crippen molar-refractivity contribution in [3.05, 3.63) is 71.3 Å². The first-order valence-corrected chi connectivity index (χ1v) is 9.99. The second kappa shape index (κ2) is 8.58. The number of ether oxygens (including phenoxy) is 3. The van der Waals surface area contributed by atoms with Gasteiger partial charge in [-0.15, -0.1) is 0 Å². The maximum Gasteiger partial charge on any atom is 0.338 e. The van der Waals surface area contributed by atoms with E-state index in [1.807, 2.05) is 0 Å². The molecule has 0 aliphatic carbocycles. The summed E-state index contributed by atoms with van der Waals surface area (Å²) in [4.78, 5) is 39.2. The molecular formula is C23H23NO7. The molecule has 1 fully saturated rings. The van der Waals surface area contributed by atoms with Gasteiger partial charge in [0.2, 0.25) is 0 Å². The highest BCUT2D eigenvalue weighted by Gasteiger charge is 2.52. The van der Waals surface area contributed by atoms with Gasteiger partial charge in [-0.25, -0.2) is 4.79 Å². The minimum Gasteiger partial charge on any atom is -0.459 e. The maximum absolute atomic E-state index is 12.9. The number of esters is 1. The summed E-state index contributed by atoms with van der Waals surface area (Å²) in [6.45, 7) is 1.51. The third kappa shape index (κ3) is 3.74. The molecule has 0 aromatic heterocycles. The van der Waals surface area contributed by atoms with Gasteiger partial charge in [-0.3, -0.25) is 14.5 Å². The van der Waals surface area contributed by atoms with Crippen molar-refractivity contribution in [1.29, 1.82) is 0 Å². The van der Waals surface area contributed by atoms with Gasteiger partial charge >= 0.3 is 5.97 Å². The number of benzene rings is 2. The minimum absolute atomic E-state index is 0.200. The zero-order valence-corrected chi connectivity index (χ0v) is 17.1. The van der Waals surface area contributed by atoms with Crippen molar-refractivity contribution in [3.8, 4) is 0 Å². The van der Waals surface area contributed by atoms with Gasteiger partial charge < -0.3 is 19.3 Å². The number of imide groups is 1. The smallest absolute Gasteiger partial charge is 0.338 e. The molecule has 1 saturated heterocycles. The van der Waals surface area contributed by atoms with Crippen LogP contribution in [0.15, 0.2) is 54.6 Å². The second-order valence-corrected chi connectivity index (χ2v) is 7.61. The van der Waals surface area contributed by atoms with Crippen molar-refractivity contribution in [2.75, 3.05) is 13.7 Å². The number of rotatable bonds is 5. The number of carbonyl (C=O) groups excluding carboxylic acids is 3. The van der Waals surface area contributed by atoms with Gasteiger partial charge in [0.1, 0.15) is 12.7 Å². The molecule has 2 aliphatic rings. The third-order valence-electron chi connectivity index (χ3n) is 5.79. The van der Waals surface area contributed by atoms with E-state index in [1.165, 1.54) is 7.11 Å². The van der Waals surface area contributed by atoms with Crippen molar-refractivity contribution in [3.63, 3.8) is 0 Å². The topological polar surface area (TPSA) is 102 Å². The third-order valence-corrected chi connectivity index (χ3v) is 5.79. The average Bonchev–Trinajstić information content (AvgIpc) is 3.05. The van der Waals surface area contributed by atoms with Gasteiger partial charge in [0, 0.05) is 13.0 Å². The fraction of sp³-hybridized carbons (Fsp3) is 0.348. The van der Waals surface area contributed by atoms with Gasteiger partial charge in [0.25, 0.3) is 11.8 Å². The Morgan fingerprint density at radius 1 is 1.03 bits per heavy atom. The molecule has 2 aromatic rings. The summed E-state index contributed by atoms with van der Waals surface area (Å²) in [6.07, 6.45) is -2.95. The van der Waals surface area contributed by atoms with Crippen LogP contribution in [0.3, 0.4) is 0 Å². The molecule has 0 radical (unpaired) electrons. The molecule has 31 heavy (non-hydrogen) atoms. The number of hydrogen-bond donors (Lipinski definition) is 1. The van der Waals surface area contributed by atoms with Crippen LogP contribution in [0.4, 0.5) is 0 Å². The van der Waals surface area contributed by atoms with Crippen molar-refractivity contribution < 1.29 is 33.7 Å². The molecule has 2 aromatic carbocycles. The molecular weight excluding hydrogens is 402 g/mol. The molecule has 162 valence electrons. The Kier molecular flexibility index (Phi) is 5.86. The molecule has 2 heterocycles. The molecule has 8 nitrogen and oxygen atoms in total. The van der Waals surface area contributed by atoms with Gasteiger partial charge in [0.15, 0.2) is 6.29 Å². The lowest BCUT2D eigenvalue weighted by atomic mass is 9.87. The summed E-state index contributed by atoms with van der Waals surface area (Å²) in [6, 6.07) is 14.2. The van der Waals surface area contributed by atoms with E-state index in [1.54, 1.807) is 61.5 Å². The van der Waals surface area contributed by atoms with Crippen molar-refractivity contribution in [2.24, 2.45) is 5.92 Å². The van der Waals surface area contributed by atoms with E-state index in [9.17, 15) is 19.5 Å². The fourth-order valence-corrected chi connectivity index (χ4v) is 4.11. The van der Waals surface area contributed by atoms with Crippen LogP contribution in [-0.4, -0.2) is 66.0 Å². The largest absolute Gasteiger partial charge is 0.459 e. The molecule has 2 aliphatic heterocycles. The SMILES string of the molecule is COC1OC(COC(=O)c2ccccc2)C(O)[C@H](C)[C@@H]1N1C(=O)c2ccccc2C1=O. The van der Waals surface area contributed by atoms with E-state index < -0.39 is 48.2 Å². The predicted molar refractivity (Wildman–Crippen MR) is 108 cm³/mol. The lowest BCUT2D eigenvalue weighted by Crippen LogP contribution is -2.62. The number of aliphatic hydroxyl groups is 1. The van der Waals surface area contributed by atoms with Crippen LogP contribution < -0.4 is 0 Å².